The lowest BCUT2D eigenvalue weighted by Crippen LogP contribution is -2.41. The second-order valence-corrected chi connectivity index (χ2v) is 6.21. The molecule has 0 spiro atoms. The standard InChI is InChI=1S/C18H31N5O.HI/c1-4-5-6-9-20-18(19-3)22-13-16-7-8-17(21-12-16)23-10-11-24-15(2)14-23;/h7-8,12,15H,4-6,9-11,13-14H2,1-3H3,(H2,19,20,22);1H. The van der Waals surface area contributed by atoms with Crippen LogP contribution in [-0.2, 0) is 11.3 Å². The van der Waals surface area contributed by atoms with E-state index in [1.54, 1.807) is 7.05 Å². The van der Waals surface area contributed by atoms with Gasteiger partial charge in [-0.25, -0.2) is 4.98 Å². The van der Waals surface area contributed by atoms with Gasteiger partial charge in [-0.2, -0.15) is 0 Å². The maximum Gasteiger partial charge on any atom is 0.191 e. The summed E-state index contributed by atoms with van der Waals surface area (Å²) in [5.74, 6) is 1.87. The summed E-state index contributed by atoms with van der Waals surface area (Å²) in [4.78, 5) is 11.1. The van der Waals surface area contributed by atoms with Crippen LogP contribution in [0.3, 0.4) is 0 Å². The van der Waals surface area contributed by atoms with Crippen molar-refractivity contribution in [3.8, 4) is 0 Å². The molecule has 0 saturated carbocycles. The van der Waals surface area contributed by atoms with Crippen molar-refractivity contribution in [3.05, 3.63) is 23.9 Å². The topological polar surface area (TPSA) is 61.8 Å². The maximum atomic E-state index is 5.58. The molecule has 6 nitrogen and oxygen atoms in total. The molecule has 25 heavy (non-hydrogen) atoms. The Hall–Kier alpha value is -1.09. The molecule has 2 rings (SSSR count). The van der Waals surface area contributed by atoms with E-state index in [-0.39, 0.29) is 30.1 Å². The molecule has 0 radical (unpaired) electrons. The number of ether oxygens (including phenoxy) is 1. The highest BCUT2D eigenvalue weighted by Gasteiger charge is 2.17. The first-order valence-electron chi connectivity index (χ1n) is 8.99. The third kappa shape index (κ3) is 7.77. The van der Waals surface area contributed by atoms with Crippen molar-refractivity contribution in [1.29, 1.82) is 0 Å². The van der Waals surface area contributed by atoms with Gasteiger partial charge in [0.15, 0.2) is 5.96 Å². The number of hydrogen-bond acceptors (Lipinski definition) is 4. The zero-order valence-electron chi connectivity index (χ0n) is 15.6. The summed E-state index contributed by atoms with van der Waals surface area (Å²) in [6.07, 6.45) is 5.85. The second-order valence-electron chi connectivity index (χ2n) is 6.21. The highest BCUT2D eigenvalue weighted by atomic mass is 127. The van der Waals surface area contributed by atoms with Crippen LogP contribution in [0, 0.1) is 0 Å². The molecule has 0 bridgehead atoms. The van der Waals surface area contributed by atoms with E-state index in [9.17, 15) is 0 Å². The summed E-state index contributed by atoms with van der Waals surface area (Å²) in [7, 11) is 1.80. The summed E-state index contributed by atoms with van der Waals surface area (Å²) in [6.45, 7) is 8.57. The summed E-state index contributed by atoms with van der Waals surface area (Å²) in [6, 6.07) is 4.21. The number of guanidine groups is 1. The van der Waals surface area contributed by atoms with E-state index in [4.69, 9.17) is 4.74 Å². The van der Waals surface area contributed by atoms with Crippen LogP contribution >= 0.6 is 24.0 Å². The zero-order chi connectivity index (χ0) is 17.2. The fourth-order valence-electron chi connectivity index (χ4n) is 2.72. The molecule has 1 atom stereocenters. The van der Waals surface area contributed by atoms with E-state index in [1.807, 2.05) is 6.20 Å². The van der Waals surface area contributed by atoms with Crippen molar-refractivity contribution in [1.82, 2.24) is 15.6 Å². The van der Waals surface area contributed by atoms with Crippen molar-refractivity contribution >= 4 is 35.8 Å². The van der Waals surface area contributed by atoms with Crippen molar-refractivity contribution in [2.24, 2.45) is 4.99 Å². The van der Waals surface area contributed by atoms with Crippen LogP contribution < -0.4 is 15.5 Å². The van der Waals surface area contributed by atoms with E-state index >= 15 is 0 Å². The minimum Gasteiger partial charge on any atom is -0.375 e. The Bertz CT molecular complexity index is 509. The SMILES string of the molecule is CCCCCNC(=NC)NCc1ccc(N2CCOC(C)C2)nc1.I. The summed E-state index contributed by atoms with van der Waals surface area (Å²) >= 11 is 0. The van der Waals surface area contributed by atoms with Gasteiger partial charge in [-0.1, -0.05) is 25.8 Å². The fraction of sp³-hybridized carbons (Fsp3) is 0.667. The van der Waals surface area contributed by atoms with Crippen LogP contribution in [0.4, 0.5) is 5.82 Å². The molecule has 1 saturated heterocycles. The van der Waals surface area contributed by atoms with Crippen molar-refractivity contribution in [2.75, 3.05) is 38.2 Å². The lowest BCUT2D eigenvalue weighted by atomic mass is 10.2. The Morgan fingerprint density at radius 1 is 1.36 bits per heavy atom. The lowest BCUT2D eigenvalue weighted by molar-refractivity contribution is 0.0529. The van der Waals surface area contributed by atoms with Gasteiger partial charge in [0.25, 0.3) is 0 Å². The molecule has 1 aliphatic heterocycles. The Labute approximate surface area is 168 Å². The molecule has 7 heteroatoms. The minimum atomic E-state index is 0. The first-order valence-corrected chi connectivity index (χ1v) is 8.99. The number of nitrogens with one attached hydrogen (secondary N) is 2. The molecular formula is C18H32IN5O. The van der Waals surface area contributed by atoms with E-state index in [2.05, 4.69) is 51.5 Å². The van der Waals surface area contributed by atoms with Crippen molar-refractivity contribution in [3.63, 3.8) is 0 Å². The normalized spacial score (nSPS) is 17.8. The van der Waals surface area contributed by atoms with E-state index in [1.165, 1.54) is 19.3 Å². The monoisotopic (exact) mass is 461 g/mol. The maximum absolute atomic E-state index is 5.58. The predicted octanol–water partition coefficient (Wildman–Crippen LogP) is 2.78. The lowest BCUT2D eigenvalue weighted by Gasteiger charge is -2.32. The number of morpholine rings is 1. The Morgan fingerprint density at radius 3 is 2.84 bits per heavy atom. The molecule has 1 aliphatic rings. The summed E-state index contributed by atoms with van der Waals surface area (Å²) in [5, 5.41) is 6.67. The molecule has 1 aromatic heterocycles. The van der Waals surface area contributed by atoms with Gasteiger partial charge < -0.3 is 20.3 Å². The third-order valence-corrected chi connectivity index (χ3v) is 4.13. The van der Waals surface area contributed by atoms with Gasteiger partial charge >= 0.3 is 0 Å². The number of rotatable bonds is 7. The quantitative estimate of drug-likeness (QED) is 0.283. The van der Waals surface area contributed by atoms with Crippen molar-refractivity contribution < 1.29 is 4.74 Å². The first-order chi connectivity index (χ1) is 11.7. The Balaban J connectivity index is 0.00000312. The van der Waals surface area contributed by atoms with Gasteiger partial charge in [-0.15, -0.1) is 24.0 Å². The molecule has 142 valence electrons. The molecule has 0 aromatic carbocycles. The fourth-order valence-corrected chi connectivity index (χ4v) is 2.72. The van der Waals surface area contributed by atoms with Gasteiger partial charge in [-0.3, -0.25) is 4.99 Å². The minimum absolute atomic E-state index is 0. The van der Waals surface area contributed by atoms with E-state index in [0.717, 1.165) is 50.1 Å². The molecule has 1 unspecified atom stereocenters. The summed E-state index contributed by atoms with van der Waals surface area (Å²) in [5.41, 5.74) is 1.15. The van der Waals surface area contributed by atoms with Gasteiger partial charge in [0.2, 0.25) is 0 Å². The molecule has 2 heterocycles. The van der Waals surface area contributed by atoms with E-state index in [0.29, 0.717) is 0 Å². The Kier molecular flexibility index (Phi) is 10.8. The average Bonchev–Trinajstić information content (AvgIpc) is 2.61. The smallest absolute Gasteiger partial charge is 0.191 e. The highest BCUT2D eigenvalue weighted by Crippen LogP contribution is 2.15. The van der Waals surface area contributed by atoms with Crippen LogP contribution in [-0.4, -0.2) is 50.3 Å². The first kappa shape index (κ1) is 22.0. The zero-order valence-corrected chi connectivity index (χ0v) is 18.0. The van der Waals surface area contributed by atoms with E-state index < -0.39 is 0 Å². The molecule has 0 aliphatic carbocycles. The number of unbranched alkanes of at least 4 members (excludes halogenated alkanes) is 2. The predicted molar refractivity (Wildman–Crippen MR) is 115 cm³/mol. The molecule has 1 aromatic rings. The van der Waals surface area contributed by atoms with Gasteiger partial charge in [-0.05, 0) is 25.0 Å². The number of halogens is 1. The molecule has 2 N–H and O–H groups in total. The Morgan fingerprint density at radius 2 is 2.20 bits per heavy atom. The summed E-state index contributed by atoms with van der Waals surface area (Å²) < 4.78 is 5.58. The van der Waals surface area contributed by atoms with Crippen LogP contribution in [0.15, 0.2) is 23.3 Å². The number of aliphatic imine (C=N–C) groups is 1. The number of hydrogen-bond donors (Lipinski definition) is 2. The van der Waals surface area contributed by atoms with Gasteiger partial charge in [0, 0.05) is 39.4 Å². The van der Waals surface area contributed by atoms with Gasteiger partial charge in [0.05, 0.1) is 12.7 Å². The molecule has 0 amide bonds. The number of anilines is 1. The molecular weight excluding hydrogens is 429 g/mol. The average molecular weight is 461 g/mol. The van der Waals surface area contributed by atoms with Crippen LogP contribution in [0.5, 0.6) is 0 Å². The van der Waals surface area contributed by atoms with Gasteiger partial charge in [0.1, 0.15) is 5.82 Å². The number of nitrogens with zero attached hydrogens (tertiary/aromatic N) is 3. The highest BCUT2D eigenvalue weighted by molar-refractivity contribution is 14.0. The van der Waals surface area contributed by atoms with Crippen LogP contribution in [0.2, 0.25) is 0 Å². The third-order valence-electron chi connectivity index (χ3n) is 4.13. The van der Waals surface area contributed by atoms with Crippen LogP contribution in [0.25, 0.3) is 0 Å². The van der Waals surface area contributed by atoms with Crippen molar-refractivity contribution in [2.45, 2.75) is 45.8 Å². The number of pyridine rings is 1. The number of aromatic nitrogens is 1. The molecule has 1 fully saturated rings. The van der Waals surface area contributed by atoms with Crippen LogP contribution in [0.1, 0.15) is 38.7 Å². The largest absolute Gasteiger partial charge is 0.375 e. The second kappa shape index (κ2) is 12.3.